The molecule has 2 heterocycles. The molecule has 116 valence electrons. The topological polar surface area (TPSA) is 109 Å². The van der Waals surface area contributed by atoms with Crippen LogP contribution in [-0.4, -0.2) is 51.8 Å². The zero-order chi connectivity index (χ0) is 15.5. The first kappa shape index (κ1) is 15.3. The number of aryl methyl sites for hydroxylation is 1. The summed E-state index contributed by atoms with van der Waals surface area (Å²) in [6.45, 7) is 4.58. The van der Waals surface area contributed by atoms with E-state index in [0.717, 1.165) is 0 Å². The minimum atomic E-state index is -0.861. The van der Waals surface area contributed by atoms with Crippen molar-refractivity contribution in [3.63, 3.8) is 0 Å². The maximum Gasteiger partial charge on any atom is 0.317 e. The molecule has 1 aliphatic heterocycles. The molecular formula is C13H20N4O4. The molecule has 2 N–H and O–H groups in total. The maximum absolute atomic E-state index is 12.1. The number of amides is 2. The molecular weight excluding hydrogens is 276 g/mol. The summed E-state index contributed by atoms with van der Waals surface area (Å²) in [5.41, 5.74) is -0.861. The van der Waals surface area contributed by atoms with Gasteiger partial charge < -0.3 is 19.8 Å². The maximum atomic E-state index is 12.1. The number of carbonyl (C=O) groups excluding carboxylic acids is 1. The number of urea groups is 1. The number of nitrogens with zero attached hydrogens (tertiary/aromatic N) is 3. The molecule has 1 saturated heterocycles. The molecule has 1 atom stereocenters. The second kappa shape index (κ2) is 6.11. The van der Waals surface area contributed by atoms with Gasteiger partial charge in [0.05, 0.1) is 5.41 Å². The van der Waals surface area contributed by atoms with Crippen molar-refractivity contribution in [3.8, 4) is 0 Å². The second-order valence-corrected chi connectivity index (χ2v) is 5.60. The van der Waals surface area contributed by atoms with Crippen LogP contribution in [0.5, 0.6) is 0 Å². The SMILES string of the molecule is Cc1nc(CCNC(=O)N2CCCC(C)(C(=O)O)C2)no1. The lowest BCUT2D eigenvalue weighted by Gasteiger charge is -2.37. The number of hydrogen-bond donors (Lipinski definition) is 2. The molecule has 2 rings (SSSR count). The number of aromatic nitrogens is 2. The predicted octanol–water partition coefficient (Wildman–Crippen LogP) is 0.817. The molecule has 0 bridgehead atoms. The zero-order valence-corrected chi connectivity index (χ0v) is 12.3. The van der Waals surface area contributed by atoms with E-state index in [4.69, 9.17) is 4.52 Å². The standard InChI is InChI=1S/C13H20N4O4/c1-9-15-10(16-21-9)4-6-14-12(20)17-7-3-5-13(2,8-17)11(18)19/h3-8H2,1-2H3,(H,14,20)(H,18,19). The Bertz CT molecular complexity index is 530. The van der Waals surface area contributed by atoms with Crippen LogP contribution in [0.25, 0.3) is 0 Å². The number of rotatable bonds is 4. The van der Waals surface area contributed by atoms with Crippen LogP contribution in [0.4, 0.5) is 4.79 Å². The lowest BCUT2D eigenvalue weighted by Crippen LogP contribution is -2.51. The number of carboxylic acid groups (broad SMARTS) is 1. The van der Waals surface area contributed by atoms with Crippen molar-refractivity contribution < 1.29 is 19.2 Å². The Kier molecular flexibility index (Phi) is 4.44. The van der Waals surface area contributed by atoms with Gasteiger partial charge in [-0.2, -0.15) is 4.98 Å². The van der Waals surface area contributed by atoms with Gasteiger partial charge in [-0.25, -0.2) is 4.79 Å². The van der Waals surface area contributed by atoms with E-state index in [2.05, 4.69) is 15.5 Å². The number of carbonyl (C=O) groups is 2. The normalized spacial score (nSPS) is 22.1. The van der Waals surface area contributed by atoms with Gasteiger partial charge in [0.15, 0.2) is 5.82 Å². The molecule has 1 aliphatic rings. The summed E-state index contributed by atoms with van der Waals surface area (Å²) in [4.78, 5) is 28.9. The van der Waals surface area contributed by atoms with Gasteiger partial charge >= 0.3 is 12.0 Å². The molecule has 0 spiro atoms. The molecule has 8 heteroatoms. The highest BCUT2D eigenvalue weighted by Gasteiger charge is 2.39. The predicted molar refractivity (Wildman–Crippen MR) is 72.7 cm³/mol. The summed E-state index contributed by atoms with van der Waals surface area (Å²) >= 11 is 0. The van der Waals surface area contributed by atoms with Crippen molar-refractivity contribution in [1.29, 1.82) is 0 Å². The van der Waals surface area contributed by atoms with Crippen LogP contribution in [0.3, 0.4) is 0 Å². The largest absolute Gasteiger partial charge is 0.481 e. The fourth-order valence-corrected chi connectivity index (χ4v) is 2.42. The lowest BCUT2D eigenvalue weighted by atomic mass is 9.82. The number of carboxylic acids is 1. The molecule has 1 fully saturated rings. The van der Waals surface area contributed by atoms with E-state index < -0.39 is 11.4 Å². The van der Waals surface area contributed by atoms with Gasteiger partial charge in [0.1, 0.15) is 0 Å². The van der Waals surface area contributed by atoms with Crippen LogP contribution in [0, 0.1) is 12.3 Å². The molecule has 0 aromatic carbocycles. The summed E-state index contributed by atoms with van der Waals surface area (Å²) in [5, 5.41) is 15.7. The summed E-state index contributed by atoms with van der Waals surface area (Å²) in [5.74, 6) is 0.175. The first-order valence-corrected chi connectivity index (χ1v) is 6.96. The highest BCUT2D eigenvalue weighted by molar-refractivity contribution is 5.78. The molecule has 0 aliphatic carbocycles. The number of aliphatic carboxylic acids is 1. The Morgan fingerprint density at radius 2 is 2.29 bits per heavy atom. The third-order valence-corrected chi connectivity index (χ3v) is 3.69. The molecule has 0 radical (unpaired) electrons. The number of nitrogens with one attached hydrogen (secondary N) is 1. The van der Waals surface area contributed by atoms with Gasteiger partial charge in [-0.3, -0.25) is 4.79 Å². The molecule has 1 aromatic heterocycles. The van der Waals surface area contributed by atoms with E-state index in [0.29, 0.717) is 44.1 Å². The van der Waals surface area contributed by atoms with Crippen LogP contribution in [0.2, 0.25) is 0 Å². The number of piperidine rings is 1. The summed E-state index contributed by atoms with van der Waals surface area (Å²) in [6.07, 6.45) is 1.77. The summed E-state index contributed by atoms with van der Waals surface area (Å²) in [7, 11) is 0. The molecule has 2 amide bonds. The first-order valence-electron chi connectivity index (χ1n) is 6.96. The van der Waals surface area contributed by atoms with Crippen LogP contribution in [0.1, 0.15) is 31.5 Å². The van der Waals surface area contributed by atoms with Crippen LogP contribution < -0.4 is 5.32 Å². The Morgan fingerprint density at radius 1 is 1.52 bits per heavy atom. The Morgan fingerprint density at radius 3 is 2.90 bits per heavy atom. The monoisotopic (exact) mass is 296 g/mol. The van der Waals surface area contributed by atoms with E-state index in [-0.39, 0.29) is 12.6 Å². The number of likely N-dealkylation sites (tertiary alicyclic amines) is 1. The van der Waals surface area contributed by atoms with E-state index >= 15 is 0 Å². The Labute approximate surface area is 122 Å². The molecule has 1 unspecified atom stereocenters. The van der Waals surface area contributed by atoms with Gasteiger partial charge in [0, 0.05) is 33.0 Å². The summed E-state index contributed by atoms with van der Waals surface area (Å²) in [6, 6.07) is -0.248. The fraction of sp³-hybridized carbons (Fsp3) is 0.692. The third kappa shape index (κ3) is 3.71. The van der Waals surface area contributed by atoms with Gasteiger partial charge in [-0.05, 0) is 19.8 Å². The van der Waals surface area contributed by atoms with Crippen molar-refractivity contribution in [2.45, 2.75) is 33.1 Å². The highest BCUT2D eigenvalue weighted by Crippen LogP contribution is 2.29. The van der Waals surface area contributed by atoms with Crippen LogP contribution >= 0.6 is 0 Å². The average molecular weight is 296 g/mol. The van der Waals surface area contributed by atoms with Gasteiger partial charge in [0.2, 0.25) is 5.89 Å². The molecule has 1 aromatic rings. The smallest absolute Gasteiger partial charge is 0.317 e. The lowest BCUT2D eigenvalue weighted by molar-refractivity contribution is -0.150. The minimum Gasteiger partial charge on any atom is -0.481 e. The highest BCUT2D eigenvalue weighted by atomic mass is 16.5. The second-order valence-electron chi connectivity index (χ2n) is 5.60. The van der Waals surface area contributed by atoms with Crippen molar-refractivity contribution in [3.05, 3.63) is 11.7 Å². The third-order valence-electron chi connectivity index (χ3n) is 3.69. The van der Waals surface area contributed by atoms with E-state index in [1.54, 1.807) is 18.7 Å². The molecule has 8 nitrogen and oxygen atoms in total. The average Bonchev–Trinajstić information content (AvgIpc) is 2.84. The van der Waals surface area contributed by atoms with Gasteiger partial charge in [-0.15, -0.1) is 0 Å². The van der Waals surface area contributed by atoms with Gasteiger partial charge in [0.25, 0.3) is 0 Å². The minimum absolute atomic E-state index is 0.232. The van der Waals surface area contributed by atoms with Crippen molar-refractivity contribution in [2.75, 3.05) is 19.6 Å². The van der Waals surface area contributed by atoms with Crippen LogP contribution in [0.15, 0.2) is 4.52 Å². The summed E-state index contributed by atoms with van der Waals surface area (Å²) < 4.78 is 4.84. The Balaban J connectivity index is 1.81. The molecule has 0 saturated carbocycles. The van der Waals surface area contributed by atoms with E-state index in [9.17, 15) is 14.7 Å². The quantitative estimate of drug-likeness (QED) is 0.851. The molecule has 21 heavy (non-hydrogen) atoms. The van der Waals surface area contributed by atoms with Crippen molar-refractivity contribution in [1.82, 2.24) is 20.4 Å². The number of hydrogen-bond acceptors (Lipinski definition) is 5. The Hall–Kier alpha value is -2.12. The zero-order valence-electron chi connectivity index (χ0n) is 12.3. The fourth-order valence-electron chi connectivity index (χ4n) is 2.42. The van der Waals surface area contributed by atoms with E-state index in [1.165, 1.54) is 0 Å². The van der Waals surface area contributed by atoms with Gasteiger partial charge in [-0.1, -0.05) is 5.16 Å². The van der Waals surface area contributed by atoms with Crippen molar-refractivity contribution >= 4 is 12.0 Å². The van der Waals surface area contributed by atoms with Crippen molar-refractivity contribution in [2.24, 2.45) is 5.41 Å². The van der Waals surface area contributed by atoms with E-state index in [1.807, 2.05) is 0 Å². The first-order chi connectivity index (χ1) is 9.90. The van der Waals surface area contributed by atoms with Crippen LogP contribution in [-0.2, 0) is 11.2 Å².